The molecule has 0 saturated carbocycles. The number of sulfone groups is 1. The average Bonchev–Trinajstić information content (AvgIpc) is 2.69. The highest BCUT2D eigenvalue weighted by molar-refractivity contribution is 7.91. The zero-order valence-corrected chi connectivity index (χ0v) is 13.1. The van der Waals surface area contributed by atoms with Crippen molar-refractivity contribution in [3.8, 4) is 0 Å². The molecule has 0 aromatic heterocycles. The van der Waals surface area contributed by atoms with Crippen LogP contribution in [0.3, 0.4) is 0 Å². The highest BCUT2D eigenvalue weighted by atomic mass is 35.5. The van der Waals surface area contributed by atoms with E-state index in [0.29, 0.717) is 17.9 Å². The summed E-state index contributed by atoms with van der Waals surface area (Å²) in [6.07, 6.45) is 1.14. The fourth-order valence-electron chi connectivity index (χ4n) is 2.21. The van der Waals surface area contributed by atoms with Gasteiger partial charge in [-0.25, -0.2) is 21.6 Å². The van der Waals surface area contributed by atoms with E-state index in [0.717, 1.165) is 0 Å². The van der Waals surface area contributed by atoms with E-state index in [1.807, 2.05) is 0 Å². The summed E-state index contributed by atoms with van der Waals surface area (Å²) >= 11 is 5.76. The van der Waals surface area contributed by atoms with Gasteiger partial charge >= 0.3 is 0 Å². The van der Waals surface area contributed by atoms with Gasteiger partial charge in [-0.2, -0.15) is 0 Å². The fraction of sp³-hybridized carbons (Fsp3) is 0.500. The largest absolute Gasteiger partial charge is 0.240 e. The Hall–Kier alpha value is -0.630. The molecule has 112 valence electrons. The molecule has 1 aromatic carbocycles. The summed E-state index contributed by atoms with van der Waals surface area (Å²) in [5, 5.41) is 0.356. The van der Waals surface area contributed by atoms with Gasteiger partial charge < -0.3 is 0 Å². The van der Waals surface area contributed by atoms with Gasteiger partial charge in [0, 0.05) is 11.6 Å². The molecule has 1 heterocycles. The molecule has 0 bridgehead atoms. The van der Waals surface area contributed by atoms with Gasteiger partial charge in [0.05, 0.1) is 16.4 Å². The zero-order chi connectivity index (χ0) is 14.8. The Balaban J connectivity index is 1.91. The SMILES string of the molecule is O=S1(=O)CCC(CCNS(=O)(=O)c2cccc(Cl)c2)C1. The molecule has 2 rings (SSSR count). The molecule has 0 amide bonds. The lowest BCUT2D eigenvalue weighted by molar-refractivity contribution is 0.527. The predicted molar refractivity (Wildman–Crippen MR) is 78.0 cm³/mol. The van der Waals surface area contributed by atoms with E-state index in [1.54, 1.807) is 12.1 Å². The van der Waals surface area contributed by atoms with E-state index in [1.165, 1.54) is 12.1 Å². The van der Waals surface area contributed by atoms with Crippen molar-refractivity contribution >= 4 is 31.5 Å². The van der Waals surface area contributed by atoms with Crippen LogP contribution >= 0.6 is 11.6 Å². The maximum Gasteiger partial charge on any atom is 0.240 e. The van der Waals surface area contributed by atoms with Gasteiger partial charge in [0.2, 0.25) is 10.0 Å². The van der Waals surface area contributed by atoms with Crippen molar-refractivity contribution in [1.29, 1.82) is 0 Å². The summed E-state index contributed by atoms with van der Waals surface area (Å²) in [7, 11) is -6.50. The summed E-state index contributed by atoms with van der Waals surface area (Å²) in [6.45, 7) is 0.231. The van der Waals surface area contributed by atoms with Crippen molar-refractivity contribution in [2.45, 2.75) is 17.7 Å². The van der Waals surface area contributed by atoms with Gasteiger partial charge in [0.15, 0.2) is 9.84 Å². The Kier molecular flexibility index (Phi) is 4.73. The van der Waals surface area contributed by atoms with Gasteiger partial charge in [-0.3, -0.25) is 0 Å². The van der Waals surface area contributed by atoms with Gasteiger partial charge in [0.1, 0.15) is 0 Å². The van der Waals surface area contributed by atoms with E-state index < -0.39 is 19.9 Å². The van der Waals surface area contributed by atoms with Gasteiger partial charge in [-0.15, -0.1) is 0 Å². The van der Waals surface area contributed by atoms with Crippen molar-refractivity contribution in [2.24, 2.45) is 5.92 Å². The first-order valence-corrected chi connectivity index (χ1v) is 9.92. The first-order chi connectivity index (χ1) is 9.28. The molecule has 1 N–H and O–H groups in total. The van der Waals surface area contributed by atoms with Crippen LogP contribution in [0.25, 0.3) is 0 Å². The van der Waals surface area contributed by atoms with Crippen molar-refractivity contribution in [3.05, 3.63) is 29.3 Å². The first-order valence-electron chi connectivity index (χ1n) is 6.24. The molecule has 1 aliphatic rings. The minimum Gasteiger partial charge on any atom is -0.229 e. The Morgan fingerprint density at radius 3 is 2.70 bits per heavy atom. The van der Waals surface area contributed by atoms with Crippen LogP contribution < -0.4 is 4.72 Å². The quantitative estimate of drug-likeness (QED) is 0.881. The molecular formula is C12H16ClNO4S2. The maximum absolute atomic E-state index is 12.0. The standard InChI is InChI=1S/C12H16ClNO4S2/c13-11-2-1-3-12(8-11)20(17,18)14-6-4-10-5-7-19(15,16)9-10/h1-3,8,10,14H,4-7,9H2. The van der Waals surface area contributed by atoms with Gasteiger partial charge in [-0.05, 0) is 37.0 Å². The van der Waals surface area contributed by atoms with Gasteiger partial charge in [-0.1, -0.05) is 17.7 Å². The number of benzene rings is 1. The second kappa shape index (κ2) is 6.01. The number of sulfonamides is 1. The molecule has 0 aliphatic carbocycles. The highest BCUT2D eigenvalue weighted by Crippen LogP contribution is 2.21. The Bertz CT molecular complexity index is 685. The van der Waals surface area contributed by atoms with E-state index in [2.05, 4.69) is 4.72 Å². The maximum atomic E-state index is 12.0. The lowest BCUT2D eigenvalue weighted by Gasteiger charge is -2.09. The van der Waals surface area contributed by atoms with Crippen LogP contribution in [0.2, 0.25) is 5.02 Å². The molecule has 1 fully saturated rings. The lowest BCUT2D eigenvalue weighted by Crippen LogP contribution is -2.26. The molecule has 0 radical (unpaired) electrons. The third-order valence-corrected chi connectivity index (χ3v) is 6.81. The molecule has 0 spiro atoms. The molecule has 1 unspecified atom stereocenters. The summed E-state index contributed by atoms with van der Waals surface area (Å²) in [5.74, 6) is 0.409. The number of nitrogens with one attached hydrogen (secondary N) is 1. The number of hydrogen-bond acceptors (Lipinski definition) is 4. The Labute approximate surface area is 124 Å². The Morgan fingerprint density at radius 2 is 2.10 bits per heavy atom. The summed E-state index contributed by atoms with van der Waals surface area (Å²) in [5.41, 5.74) is 0. The zero-order valence-electron chi connectivity index (χ0n) is 10.7. The second-order valence-electron chi connectivity index (χ2n) is 4.91. The van der Waals surface area contributed by atoms with Crippen LogP contribution in [0, 0.1) is 5.92 Å². The topological polar surface area (TPSA) is 80.3 Å². The van der Waals surface area contributed by atoms with Crippen molar-refractivity contribution < 1.29 is 16.8 Å². The molecule has 1 atom stereocenters. The minimum atomic E-state index is -3.59. The molecule has 1 aromatic rings. The molecule has 5 nitrogen and oxygen atoms in total. The molecule has 20 heavy (non-hydrogen) atoms. The van der Waals surface area contributed by atoms with Crippen molar-refractivity contribution in [2.75, 3.05) is 18.1 Å². The van der Waals surface area contributed by atoms with Crippen LogP contribution in [0.4, 0.5) is 0 Å². The molecular weight excluding hydrogens is 322 g/mol. The third kappa shape index (κ3) is 4.18. The monoisotopic (exact) mass is 337 g/mol. The van der Waals surface area contributed by atoms with Crippen LogP contribution in [0.15, 0.2) is 29.2 Å². The first kappa shape index (κ1) is 15.8. The van der Waals surface area contributed by atoms with E-state index in [9.17, 15) is 16.8 Å². The van der Waals surface area contributed by atoms with Crippen LogP contribution in [-0.4, -0.2) is 34.9 Å². The average molecular weight is 338 g/mol. The number of rotatable bonds is 5. The Morgan fingerprint density at radius 1 is 1.35 bits per heavy atom. The summed E-state index contributed by atoms with van der Waals surface area (Å²) in [4.78, 5) is 0.115. The van der Waals surface area contributed by atoms with E-state index >= 15 is 0 Å². The van der Waals surface area contributed by atoms with Crippen molar-refractivity contribution in [3.63, 3.8) is 0 Å². The molecule has 1 saturated heterocycles. The summed E-state index contributed by atoms with van der Waals surface area (Å²) < 4.78 is 49.1. The predicted octanol–water partition coefficient (Wildman–Crippen LogP) is 1.44. The van der Waals surface area contributed by atoms with Crippen LogP contribution in [0.1, 0.15) is 12.8 Å². The summed E-state index contributed by atoms with van der Waals surface area (Å²) in [6, 6.07) is 6.02. The third-order valence-electron chi connectivity index (χ3n) is 3.28. The minimum absolute atomic E-state index is 0.0436. The fourth-order valence-corrected chi connectivity index (χ4v) is 5.47. The normalized spacial score (nSPS) is 21.9. The van der Waals surface area contributed by atoms with Crippen molar-refractivity contribution in [1.82, 2.24) is 4.72 Å². The van der Waals surface area contributed by atoms with E-state index in [-0.39, 0.29) is 28.9 Å². The molecule has 8 heteroatoms. The molecule has 1 aliphatic heterocycles. The highest BCUT2D eigenvalue weighted by Gasteiger charge is 2.27. The number of halogens is 1. The number of hydrogen-bond donors (Lipinski definition) is 1. The smallest absolute Gasteiger partial charge is 0.229 e. The van der Waals surface area contributed by atoms with E-state index in [4.69, 9.17) is 11.6 Å². The van der Waals surface area contributed by atoms with Crippen LogP contribution in [0.5, 0.6) is 0 Å². The second-order valence-corrected chi connectivity index (χ2v) is 9.34. The van der Waals surface area contributed by atoms with Crippen LogP contribution in [-0.2, 0) is 19.9 Å². The lowest BCUT2D eigenvalue weighted by atomic mass is 10.1. The van der Waals surface area contributed by atoms with Gasteiger partial charge in [0.25, 0.3) is 0 Å².